The van der Waals surface area contributed by atoms with Crippen LogP contribution in [0.4, 0.5) is 13.2 Å². The molecule has 2 N–H and O–H groups in total. The number of sulfone groups is 1. The zero-order valence-electron chi connectivity index (χ0n) is 8.56. The Morgan fingerprint density at radius 3 is 2.12 bits per heavy atom. The first-order valence-corrected chi connectivity index (χ1v) is 5.83. The number of benzene rings is 1. The van der Waals surface area contributed by atoms with Crippen LogP contribution in [0.2, 0.25) is 0 Å². The van der Waals surface area contributed by atoms with Gasteiger partial charge in [-0.25, -0.2) is 8.42 Å². The molecule has 0 bridgehead atoms. The molecule has 0 fully saturated rings. The van der Waals surface area contributed by atoms with Crippen LogP contribution in [0.1, 0.15) is 5.56 Å². The highest BCUT2D eigenvalue weighted by Crippen LogP contribution is 2.30. The predicted molar refractivity (Wildman–Crippen MR) is 54.2 cm³/mol. The Bertz CT molecular complexity index is 524. The minimum absolute atomic E-state index is 0.0466. The lowest BCUT2D eigenvalue weighted by Crippen LogP contribution is -2.32. The Balaban J connectivity index is 3.34. The highest BCUT2D eigenvalue weighted by Gasteiger charge is 2.46. The van der Waals surface area contributed by atoms with E-state index in [1.807, 2.05) is 0 Å². The molecule has 1 aromatic carbocycles. The maximum Gasteiger partial charge on any atom is 0.501 e. The fraction of sp³-hybridized carbons (Fsp3) is 0.250. The van der Waals surface area contributed by atoms with E-state index in [-0.39, 0.29) is 11.0 Å². The van der Waals surface area contributed by atoms with Crippen LogP contribution in [-0.4, -0.2) is 31.1 Å². The molecule has 9 heteroatoms. The third-order valence-corrected chi connectivity index (χ3v) is 3.62. The summed E-state index contributed by atoms with van der Waals surface area (Å²) < 4.78 is 58.7. The van der Waals surface area contributed by atoms with Crippen LogP contribution in [0.3, 0.4) is 0 Å². The van der Waals surface area contributed by atoms with E-state index in [1.165, 1.54) is 6.92 Å². The molecular weight excluding hydrogens is 260 g/mol. The minimum Gasteiger partial charge on any atom is -0.423 e. The van der Waals surface area contributed by atoms with Crippen LogP contribution >= 0.6 is 0 Å². The van der Waals surface area contributed by atoms with Crippen molar-refractivity contribution in [1.29, 1.82) is 0 Å². The summed E-state index contributed by atoms with van der Waals surface area (Å²) >= 11 is 0. The van der Waals surface area contributed by atoms with Crippen molar-refractivity contribution in [1.82, 2.24) is 0 Å². The monoisotopic (exact) mass is 268 g/mol. The van der Waals surface area contributed by atoms with Crippen LogP contribution in [0.15, 0.2) is 23.1 Å². The van der Waals surface area contributed by atoms with Gasteiger partial charge in [0.1, 0.15) is 0 Å². The lowest BCUT2D eigenvalue weighted by Gasteiger charge is -2.10. The quantitative estimate of drug-likeness (QED) is 0.738. The molecule has 0 amide bonds. The predicted octanol–water partition coefficient (Wildman–Crippen LogP) is -0.0317. The smallest absolute Gasteiger partial charge is 0.423 e. The van der Waals surface area contributed by atoms with Crippen LogP contribution in [0.5, 0.6) is 0 Å². The maximum atomic E-state index is 12.2. The van der Waals surface area contributed by atoms with E-state index >= 15 is 0 Å². The third kappa shape index (κ3) is 2.62. The molecule has 17 heavy (non-hydrogen) atoms. The molecule has 0 unspecified atom stereocenters. The maximum absolute atomic E-state index is 12.2. The topological polar surface area (TPSA) is 74.6 Å². The van der Waals surface area contributed by atoms with Gasteiger partial charge in [0, 0.05) is 0 Å². The van der Waals surface area contributed by atoms with Gasteiger partial charge in [0.2, 0.25) is 0 Å². The van der Waals surface area contributed by atoms with Crippen molar-refractivity contribution in [3.63, 3.8) is 0 Å². The van der Waals surface area contributed by atoms with Gasteiger partial charge in [-0.05, 0) is 24.5 Å². The average Bonchev–Trinajstić information content (AvgIpc) is 2.14. The molecule has 4 nitrogen and oxygen atoms in total. The van der Waals surface area contributed by atoms with Gasteiger partial charge >= 0.3 is 12.6 Å². The zero-order chi connectivity index (χ0) is 13.4. The number of alkyl halides is 3. The summed E-state index contributed by atoms with van der Waals surface area (Å²) in [5, 5.41) is 17.7. The summed E-state index contributed by atoms with van der Waals surface area (Å²) in [4.78, 5) is -0.924. The van der Waals surface area contributed by atoms with Crippen molar-refractivity contribution in [2.75, 3.05) is 0 Å². The van der Waals surface area contributed by atoms with E-state index in [9.17, 15) is 21.6 Å². The molecule has 0 aliphatic carbocycles. The Kier molecular flexibility index (Phi) is 3.56. The molecule has 94 valence electrons. The number of hydrogen-bond acceptors (Lipinski definition) is 4. The van der Waals surface area contributed by atoms with Crippen molar-refractivity contribution in [2.24, 2.45) is 0 Å². The minimum atomic E-state index is -5.40. The van der Waals surface area contributed by atoms with Crippen molar-refractivity contribution >= 4 is 22.4 Å². The lowest BCUT2D eigenvalue weighted by molar-refractivity contribution is -0.0436. The molecule has 0 radical (unpaired) electrons. The molecule has 1 rings (SSSR count). The second kappa shape index (κ2) is 4.32. The fourth-order valence-electron chi connectivity index (χ4n) is 1.24. The fourth-order valence-corrected chi connectivity index (χ4v) is 2.09. The molecule has 0 heterocycles. The second-order valence-corrected chi connectivity index (χ2v) is 5.28. The van der Waals surface area contributed by atoms with Gasteiger partial charge in [0.15, 0.2) is 0 Å². The van der Waals surface area contributed by atoms with Gasteiger partial charge in [-0.1, -0.05) is 11.6 Å². The number of hydrogen-bond donors (Lipinski definition) is 2. The molecule has 0 aromatic heterocycles. The van der Waals surface area contributed by atoms with Gasteiger partial charge < -0.3 is 10.0 Å². The summed E-state index contributed by atoms with van der Waals surface area (Å²) in [5.74, 6) is 0. The summed E-state index contributed by atoms with van der Waals surface area (Å²) in [6.07, 6.45) is 0. The summed E-state index contributed by atoms with van der Waals surface area (Å²) in [6.45, 7) is 1.28. The summed E-state index contributed by atoms with van der Waals surface area (Å²) in [5.41, 5.74) is -5.38. The van der Waals surface area contributed by atoms with Crippen molar-refractivity contribution in [2.45, 2.75) is 17.3 Å². The van der Waals surface area contributed by atoms with E-state index < -0.39 is 27.4 Å². The summed E-state index contributed by atoms with van der Waals surface area (Å²) in [7, 11) is -7.27. The summed E-state index contributed by atoms with van der Waals surface area (Å²) in [6, 6.07) is 2.36. The Hall–Kier alpha value is -1.06. The third-order valence-electron chi connectivity index (χ3n) is 2.13. The lowest BCUT2D eigenvalue weighted by atomic mass is 9.77. The second-order valence-electron chi connectivity index (χ2n) is 3.34. The van der Waals surface area contributed by atoms with Gasteiger partial charge in [-0.3, -0.25) is 0 Å². The molecule has 0 atom stereocenters. The first-order valence-electron chi connectivity index (χ1n) is 4.35. The molecule has 0 spiro atoms. The molecule has 1 aromatic rings. The first-order chi connectivity index (χ1) is 7.57. The van der Waals surface area contributed by atoms with E-state index in [4.69, 9.17) is 10.0 Å². The van der Waals surface area contributed by atoms with Gasteiger partial charge in [-0.2, -0.15) is 13.2 Å². The van der Waals surface area contributed by atoms with Gasteiger partial charge in [-0.15, -0.1) is 0 Å². The van der Waals surface area contributed by atoms with E-state index in [2.05, 4.69) is 0 Å². The van der Waals surface area contributed by atoms with E-state index in [1.54, 1.807) is 0 Å². The Morgan fingerprint density at radius 1 is 1.24 bits per heavy atom. The van der Waals surface area contributed by atoms with Gasteiger partial charge in [0.05, 0.1) is 4.90 Å². The van der Waals surface area contributed by atoms with Crippen LogP contribution in [0, 0.1) is 6.92 Å². The van der Waals surface area contributed by atoms with Crippen LogP contribution < -0.4 is 5.46 Å². The standard InChI is InChI=1S/C8H8BF3O4S/c1-5-4-6(2-3-7(5)9(13)14)17(15,16)8(10,11)12/h2-4,13-14H,1H3. The van der Waals surface area contributed by atoms with Crippen LogP contribution in [-0.2, 0) is 9.84 Å². The van der Waals surface area contributed by atoms with E-state index in [0.717, 1.165) is 12.1 Å². The van der Waals surface area contributed by atoms with Crippen molar-refractivity contribution in [3.05, 3.63) is 23.8 Å². The number of aryl methyl sites for hydroxylation is 1. The number of halogens is 3. The molecular formula is C8H8BF3O4S. The van der Waals surface area contributed by atoms with Crippen molar-refractivity contribution in [3.8, 4) is 0 Å². The molecule has 0 aliphatic rings. The highest BCUT2D eigenvalue weighted by molar-refractivity contribution is 7.92. The zero-order valence-corrected chi connectivity index (χ0v) is 9.38. The largest absolute Gasteiger partial charge is 0.501 e. The first kappa shape index (κ1) is 14.0. The van der Waals surface area contributed by atoms with Crippen LogP contribution in [0.25, 0.3) is 0 Å². The average molecular weight is 268 g/mol. The molecule has 0 saturated carbocycles. The molecule has 0 saturated heterocycles. The number of rotatable bonds is 2. The van der Waals surface area contributed by atoms with Gasteiger partial charge in [0.25, 0.3) is 9.84 Å². The van der Waals surface area contributed by atoms with E-state index in [0.29, 0.717) is 6.07 Å². The SMILES string of the molecule is Cc1cc(S(=O)(=O)C(F)(F)F)ccc1B(O)O. The molecule has 0 aliphatic heterocycles. The highest BCUT2D eigenvalue weighted by atomic mass is 32.2. The van der Waals surface area contributed by atoms with Crippen molar-refractivity contribution < 1.29 is 31.6 Å². The normalized spacial score (nSPS) is 12.6. The Morgan fingerprint density at radius 2 is 1.76 bits per heavy atom. The Labute approximate surface area is 95.8 Å².